The molecule has 1 atom stereocenters. The van der Waals surface area contributed by atoms with Crippen molar-refractivity contribution in [1.29, 1.82) is 0 Å². The highest BCUT2D eigenvalue weighted by Crippen LogP contribution is 2.22. The van der Waals surface area contributed by atoms with E-state index in [1.54, 1.807) is 30.7 Å². The fraction of sp³-hybridized carbons (Fsp3) is 0.421. The summed E-state index contributed by atoms with van der Waals surface area (Å²) in [6.45, 7) is 7.35. The minimum atomic E-state index is -1.09. The smallest absolute Gasteiger partial charge is 0.343 e. The van der Waals surface area contributed by atoms with Gasteiger partial charge in [0.05, 0.1) is 5.69 Å². The van der Waals surface area contributed by atoms with Gasteiger partial charge in [-0.05, 0) is 44.9 Å². The van der Waals surface area contributed by atoms with Gasteiger partial charge in [0.15, 0.2) is 6.10 Å². The fourth-order valence-corrected chi connectivity index (χ4v) is 2.76. The molecular weight excluding hydrogens is 373 g/mol. The molecule has 8 heteroatoms. The van der Waals surface area contributed by atoms with Gasteiger partial charge < -0.3 is 10.1 Å². The van der Waals surface area contributed by atoms with Crippen LogP contribution in [0.5, 0.6) is 0 Å². The van der Waals surface area contributed by atoms with Crippen LogP contribution < -0.4 is 5.32 Å². The number of hydrogen-bond donors (Lipinski definition) is 1. The summed E-state index contributed by atoms with van der Waals surface area (Å²) in [5.74, 6) is -1.73. The lowest BCUT2D eigenvalue weighted by Gasteiger charge is -2.14. The SMILES string of the molecule is CCCCn1nc(C)c(C(=O)O[C@@H](C)C(=O)Nc2ccc(C)c(F)c2)c1Cl. The lowest BCUT2D eigenvalue weighted by Crippen LogP contribution is -2.30. The summed E-state index contributed by atoms with van der Waals surface area (Å²) >= 11 is 6.24. The number of nitrogens with one attached hydrogen (secondary N) is 1. The number of halogens is 2. The van der Waals surface area contributed by atoms with Crippen molar-refractivity contribution in [2.75, 3.05) is 5.32 Å². The van der Waals surface area contributed by atoms with Crippen LogP contribution in [0.2, 0.25) is 5.15 Å². The Balaban J connectivity index is 2.05. The summed E-state index contributed by atoms with van der Waals surface area (Å²) in [7, 11) is 0. The second-order valence-corrected chi connectivity index (χ2v) is 6.69. The van der Waals surface area contributed by atoms with Gasteiger partial charge >= 0.3 is 5.97 Å². The molecule has 6 nitrogen and oxygen atoms in total. The zero-order chi connectivity index (χ0) is 20.1. The Hall–Kier alpha value is -2.41. The van der Waals surface area contributed by atoms with Crippen LogP contribution in [0.15, 0.2) is 18.2 Å². The molecule has 0 aliphatic heterocycles. The Morgan fingerprint density at radius 1 is 1.37 bits per heavy atom. The van der Waals surface area contributed by atoms with Crippen molar-refractivity contribution >= 4 is 29.2 Å². The van der Waals surface area contributed by atoms with E-state index in [1.165, 1.54) is 13.0 Å². The largest absolute Gasteiger partial charge is 0.449 e. The molecule has 0 radical (unpaired) electrons. The topological polar surface area (TPSA) is 73.2 Å². The maximum absolute atomic E-state index is 13.6. The van der Waals surface area contributed by atoms with Gasteiger partial charge in [-0.3, -0.25) is 9.48 Å². The molecule has 0 saturated carbocycles. The highest BCUT2D eigenvalue weighted by molar-refractivity contribution is 6.32. The van der Waals surface area contributed by atoms with Crippen molar-refractivity contribution in [1.82, 2.24) is 9.78 Å². The number of esters is 1. The zero-order valence-electron chi connectivity index (χ0n) is 15.8. The van der Waals surface area contributed by atoms with E-state index in [0.717, 1.165) is 12.8 Å². The monoisotopic (exact) mass is 395 g/mol. The fourth-order valence-electron chi connectivity index (χ4n) is 2.43. The molecule has 0 fully saturated rings. The molecule has 0 bridgehead atoms. The first-order valence-corrected chi connectivity index (χ1v) is 9.13. The van der Waals surface area contributed by atoms with E-state index in [1.807, 2.05) is 6.92 Å². The maximum Gasteiger partial charge on any atom is 0.343 e. The molecule has 1 N–H and O–H groups in total. The van der Waals surface area contributed by atoms with Crippen LogP contribution in [0.25, 0.3) is 0 Å². The van der Waals surface area contributed by atoms with Crippen molar-refractivity contribution in [3.8, 4) is 0 Å². The summed E-state index contributed by atoms with van der Waals surface area (Å²) in [4.78, 5) is 24.7. The van der Waals surface area contributed by atoms with Crippen molar-refractivity contribution in [3.05, 3.63) is 46.0 Å². The number of ether oxygens (including phenoxy) is 1. The van der Waals surface area contributed by atoms with Gasteiger partial charge in [-0.25, -0.2) is 9.18 Å². The van der Waals surface area contributed by atoms with Gasteiger partial charge in [-0.15, -0.1) is 0 Å². The highest BCUT2D eigenvalue weighted by Gasteiger charge is 2.25. The third kappa shape index (κ3) is 5.07. The van der Waals surface area contributed by atoms with E-state index < -0.39 is 23.8 Å². The summed E-state index contributed by atoms with van der Waals surface area (Å²) in [6.07, 6.45) is 0.754. The van der Waals surface area contributed by atoms with Gasteiger partial charge in [0.25, 0.3) is 5.91 Å². The third-order valence-electron chi connectivity index (χ3n) is 4.09. The normalized spacial score (nSPS) is 11.9. The summed E-state index contributed by atoms with van der Waals surface area (Å²) in [5, 5.41) is 6.96. The first kappa shape index (κ1) is 20.9. The molecule has 1 heterocycles. The standard InChI is InChI=1S/C19H23ClFN3O3/c1-5-6-9-24-17(20)16(12(3)23-24)19(26)27-13(4)18(25)22-14-8-7-11(2)15(21)10-14/h7-8,10,13H,5-6,9H2,1-4H3,(H,22,25)/t13-/m0/s1. The first-order chi connectivity index (χ1) is 12.7. The van der Waals surface area contributed by atoms with Gasteiger partial charge in [0, 0.05) is 12.2 Å². The highest BCUT2D eigenvalue weighted by atomic mass is 35.5. The molecule has 2 rings (SSSR count). The Bertz CT molecular complexity index is 851. The minimum Gasteiger partial charge on any atom is -0.449 e. The number of anilines is 1. The summed E-state index contributed by atoms with van der Waals surface area (Å²) in [6, 6.07) is 4.33. The minimum absolute atomic E-state index is 0.147. The number of nitrogens with zero attached hydrogens (tertiary/aromatic N) is 2. The number of hydrogen-bond acceptors (Lipinski definition) is 4. The van der Waals surface area contributed by atoms with E-state index in [-0.39, 0.29) is 16.4 Å². The number of aryl methyl sites for hydroxylation is 3. The van der Waals surface area contributed by atoms with Crippen molar-refractivity contribution in [3.63, 3.8) is 0 Å². The van der Waals surface area contributed by atoms with Gasteiger partial charge in [0.2, 0.25) is 0 Å². The number of carbonyl (C=O) groups is 2. The molecule has 2 aromatic rings. The lowest BCUT2D eigenvalue weighted by molar-refractivity contribution is -0.123. The van der Waals surface area contributed by atoms with E-state index in [9.17, 15) is 14.0 Å². The molecule has 0 unspecified atom stereocenters. The van der Waals surface area contributed by atoms with Crippen molar-refractivity contribution in [2.24, 2.45) is 0 Å². The van der Waals surface area contributed by atoms with Gasteiger partial charge in [0.1, 0.15) is 16.5 Å². The molecule has 0 aliphatic carbocycles. The molecule has 0 spiro atoms. The van der Waals surface area contributed by atoms with E-state index in [2.05, 4.69) is 10.4 Å². The average molecular weight is 396 g/mol. The molecule has 1 aromatic carbocycles. The van der Waals surface area contributed by atoms with Crippen molar-refractivity contribution in [2.45, 2.75) is 53.2 Å². The predicted octanol–water partition coefficient (Wildman–Crippen LogP) is 4.28. The Labute approximate surface area is 162 Å². The number of rotatable bonds is 7. The number of amides is 1. The average Bonchev–Trinajstić information content (AvgIpc) is 2.89. The molecule has 27 heavy (non-hydrogen) atoms. The maximum atomic E-state index is 13.6. The van der Waals surface area contributed by atoms with Gasteiger partial charge in [-0.1, -0.05) is 31.0 Å². The predicted molar refractivity (Wildman–Crippen MR) is 102 cm³/mol. The van der Waals surface area contributed by atoms with E-state index >= 15 is 0 Å². The number of benzene rings is 1. The lowest BCUT2D eigenvalue weighted by atomic mass is 10.2. The molecule has 0 saturated heterocycles. The van der Waals surface area contributed by atoms with Crippen LogP contribution in [0.1, 0.15) is 48.3 Å². The quantitative estimate of drug-likeness (QED) is 0.710. The number of aromatic nitrogens is 2. The van der Waals surface area contributed by atoms with E-state index in [4.69, 9.17) is 16.3 Å². The summed E-state index contributed by atoms with van der Waals surface area (Å²) in [5.41, 5.74) is 1.34. The second kappa shape index (κ2) is 8.99. The first-order valence-electron chi connectivity index (χ1n) is 8.75. The third-order valence-corrected chi connectivity index (χ3v) is 4.47. The van der Waals surface area contributed by atoms with Crippen LogP contribution in [-0.2, 0) is 16.1 Å². The molecule has 146 valence electrons. The molecular formula is C19H23ClFN3O3. The van der Waals surface area contributed by atoms with Crippen LogP contribution in [0, 0.1) is 19.7 Å². The number of unbranched alkanes of at least 4 members (excludes halogenated alkanes) is 1. The Morgan fingerprint density at radius 3 is 2.70 bits per heavy atom. The Kier molecular flexibility index (Phi) is 6.96. The molecule has 1 aromatic heterocycles. The van der Waals surface area contributed by atoms with Crippen LogP contribution in [0.3, 0.4) is 0 Å². The number of carbonyl (C=O) groups excluding carboxylic acids is 2. The Morgan fingerprint density at radius 2 is 2.07 bits per heavy atom. The van der Waals surface area contributed by atoms with Crippen LogP contribution in [0.4, 0.5) is 10.1 Å². The second-order valence-electron chi connectivity index (χ2n) is 6.33. The summed E-state index contributed by atoms with van der Waals surface area (Å²) < 4.78 is 20.4. The van der Waals surface area contributed by atoms with Gasteiger partial charge in [-0.2, -0.15) is 5.10 Å². The molecule has 1 amide bonds. The van der Waals surface area contributed by atoms with Crippen molar-refractivity contribution < 1.29 is 18.7 Å². The van der Waals surface area contributed by atoms with E-state index in [0.29, 0.717) is 17.8 Å². The van der Waals surface area contributed by atoms with Crippen LogP contribution >= 0.6 is 11.6 Å². The van der Waals surface area contributed by atoms with Crippen LogP contribution in [-0.4, -0.2) is 27.8 Å². The molecule has 0 aliphatic rings. The zero-order valence-corrected chi connectivity index (χ0v) is 16.6.